The molecule has 4 heteroatoms. The molecule has 0 saturated carbocycles. The average molecular weight is 333 g/mol. The summed E-state index contributed by atoms with van der Waals surface area (Å²) in [4.78, 5) is 14.3. The number of piperidine rings is 1. The number of likely N-dealkylation sites (tertiary alicyclic amines) is 1. The highest BCUT2D eigenvalue weighted by Gasteiger charge is 2.37. The highest BCUT2D eigenvalue weighted by molar-refractivity contribution is 5.68. The number of carbonyl (C=O) groups is 1. The standard InChI is InChI=1S/C20H31NO3/c1-7-15-13-21(19(22)24-20(3,4)5)12-14(2)18(15)16-8-10-17(23-6)11-9-16/h8-11,14-15,18H,7,12-13H2,1-6H3/t14?,15-,18+/m0/s1. The second-order valence-electron chi connectivity index (χ2n) is 7.83. The van der Waals surface area contributed by atoms with E-state index in [1.807, 2.05) is 37.8 Å². The van der Waals surface area contributed by atoms with Crippen LogP contribution in [0.3, 0.4) is 0 Å². The van der Waals surface area contributed by atoms with Crippen LogP contribution in [-0.4, -0.2) is 36.8 Å². The molecule has 0 spiro atoms. The lowest BCUT2D eigenvalue weighted by molar-refractivity contribution is 0.00684. The number of amides is 1. The van der Waals surface area contributed by atoms with Crippen LogP contribution in [0, 0.1) is 11.8 Å². The van der Waals surface area contributed by atoms with Gasteiger partial charge in [0.15, 0.2) is 0 Å². The Morgan fingerprint density at radius 1 is 1.21 bits per heavy atom. The maximum absolute atomic E-state index is 12.4. The van der Waals surface area contributed by atoms with E-state index in [1.54, 1.807) is 7.11 Å². The first-order valence-corrected chi connectivity index (χ1v) is 8.87. The first-order valence-electron chi connectivity index (χ1n) is 8.87. The molecule has 4 nitrogen and oxygen atoms in total. The summed E-state index contributed by atoms with van der Waals surface area (Å²) in [6.45, 7) is 11.7. The lowest BCUT2D eigenvalue weighted by atomic mass is 9.73. The smallest absolute Gasteiger partial charge is 0.410 e. The molecule has 1 saturated heterocycles. The third kappa shape index (κ3) is 4.43. The van der Waals surface area contributed by atoms with Gasteiger partial charge in [-0.05, 0) is 56.2 Å². The molecular weight excluding hydrogens is 302 g/mol. The van der Waals surface area contributed by atoms with E-state index < -0.39 is 5.60 Å². The molecule has 3 atom stereocenters. The maximum Gasteiger partial charge on any atom is 0.410 e. The fraction of sp³-hybridized carbons (Fsp3) is 0.650. The third-order valence-corrected chi connectivity index (χ3v) is 4.76. The fourth-order valence-corrected chi connectivity index (χ4v) is 3.68. The van der Waals surface area contributed by atoms with E-state index in [-0.39, 0.29) is 6.09 Å². The van der Waals surface area contributed by atoms with Gasteiger partial charge in [-0.2, -0.15) is 0 Å². The number of methoxy groups -OCH3 is 1. The summed E-state index contributed by atoms with van der Waals surface area (Å²) in [5.74, 6) is 2.17. The molecule has 1 aromatic rings. The molecule has 0 radical (unpaired) electrons. The SMILES string of the molecule is CC[C@H]1CN(C(=O)OC(C)(C)C)CC(C)[C@H]1c1ccc(OC)cc1. The highest BCUT2D eigenvalue weighted by atomic mass is 16.6. The molecule has 0 aliphatic carbocycles. The minimum atomic E-state index is -0.450. The summed E-state index contributed by atoms with van der Waals surface area (Å²) in [6, 6.07) is 8.36. The molecule has 0 N–H and O–H groups in total. The Morgan fingerprint density at radius 3 is 2.33 bits per heavy atom. The lowest BCUT2D eigenvalue weighted by Crippen LogP contribution is -2.48. The molecule has 2 rings (SSSR count). The molecule has 1 aromatic carbocycles. The Hall–Kier alpha value is -1.71. The molecule has 1 amide bonds. The second kappa shape index (κ2) is 7.45. The summed E-state index contributed by atoms with van der Waals surface area (Å²) in [5.41, 5.74) is 0.883. The van der Waals surface area contributed by atoms with Crippen LogP contribution in [0.4, 0.5) is 4.79 Å². The third-order valence-electron chi connectivity index (χ3n) is 4.76. The highest BCUT2D eigenvalue weighted by Crippen LogP contribution is 2.39. The average Bonchev–Trinajstić information content (AvgIpc) is 2.52. The van der Waals surface area contributed by atoms with Gasteiger partial charge < -0.3 is 14.4 Å². The van der Waals surface area contributed by atoms with Crippen LogP contribution in [0.5, 0.6) is 5.75 Å². The van der Waals surface area contributed by atoms with Gasteiger partial charge in [-0.15, -0.1) is 0 Å². The largest absolute Gasteiger partial charge is 0.497 e. The Balaban J connectivity index is 2.14. The molecule has 0 bridgehead atoms. The van der Waals surface area contributed by atoms with Gasteiger partial charge in [-0.25, -0.2) is 4.79 Å². The summed E-state index contributed by atoms with van der Waals surface area (Å²) >= 11 is 0. The number of rotatable bonds is 3. The van der Waals surface area contributed by atoms with Gasteiger partial charge in [0.2, 0.25) is 0 Å². The van der Waals surface area contributed by atoms with Gasteiger partial charge in [0.1, 0.15) is 11.4 Å². The minimum absolute atomic E-state index is 0.194. The van der Waals surface area contributed by atoms with E-state index in [2.05, 4.69) is 26.0 Å². The Kier molecular flexibility index (Phi) is 5.79. The van der Waals surface area contributed by atoms with Crippen LogP contribution in [-0.2, 0) is 4.74 Å². The van der Waals surface area contributed by atoms with Crippen molar-refractivity contribution in [3.63, 3.8) is 0 Å². The summed E-state index contributed by atoms with van der Waals surface area (Å²) in [6.07, 6.45) is 0.848. The first-order chi connectivity index (χ1) is 11.2. The molecular formula is C20H31NO3. The Labute approximate surface area is 146 Å². The van der Waals surface area contributed by atoms with Crippen molar-refractivity contribution in [2.75, 3.05) is 20.2 Å². The molecule has 0 aromatic heterocycles. The van der Waals surface area contributed by atoms with Crippen molar-refractivity contribution < 1.29 is 14.3 Å². The van der Waals surface area contributed by atoms with Crippen LogP contribution in [0.25, 0.3) is 0 Å². The van der Waals surface area contributed by atoms with Crippen molar-refractivity contribution in [3.05, 3.63) is 29.8 Å². The van der Waals surface area contributed by atoms with Gasteiger partial charge in [-0.3, -0.25) is 0 Å². The Bertz CT molecular complexity index is 547. The van der Waals surface area contributed by atoms with E-state index in [4.69, 9.17) is 9.47 Å². The molecule has 24 heavy (non-hydrogen) atoms. The molecule has 1 aliphatic rings. The number of carbonyl (C=O) groups excluding carboxylic acids is 1. The second-order valence-corrected chi connectivity index (χ2v) is 7.83. The van der Waals surface area contributed by atoms with Crippen LogP contribution in [0.1, 0.15) is 52.5 Å². The van der Waals surface area contributed by atoms with Crippen LogP contribution in [0.15, 0.2) is 24.3 Å². The van der Waals surface area contributed by atoms with Crippen molar-refractivity contribution in [1.82, 2.24) is 4.90 Å². The lowest BCUT2D eigenvalue weighted by Gasteiger charge is -2.43. The molecule has 1 aliphatic heterocycles. The number of hydrogen-bond donors (Lipinski definition) is 0. The zero-order valence-electron chi connectivity index (χ0n) is 15.8. The number of ether oxygens (including phenoxy) is 2. The quantitative estimate of drug-likeness (QED) is 0.805. The first kappa shape index (κ1) is 18.6. The number of hydrogen-bond acceptors (Lipinski definition) is 3. The normalized spacial score (nSPS) is 24.6. The van der Waals surface area contributed by atoms with Crippen molar-refractivity contribution >= 4 is 6.09 Å². The summed E-state index contributed by atoms with van der Waals surface area (Å²) in [5, 5.41) is 0. The summed E-state index contributed by atoms with van der Waals surface area (Å²) < 4.78 is 10.8. The van der Waals surface area contributed by atoms with Gasteiger partial charge in [0, 0.05) is 13.1 Å². The van der Waals surface area contributed by atoms with Crippen molar-refractivity contribution in [2.24, 2.45) is 11.8 Å². The zero-order valence-corrected chi connectivity index (χ0v) is 15.8. The minimum Gasteiger partial charge on any atom is -0.497 e. The van der Waals surface area contributed by atoms with Gasteiger partial charge in [0.05, 0.1) is 7.11 Å². The Morgan fingerprint density at radius 2 is 1.83 bits per heavy atom. The van der Waals surface area contributed by atoms with Crippen LogP contribution >= 0.6 is 0 Å². The van der Waals surface area contributed by atoms with E-state index >= 15 is 0 Å². The maximum atomic E-state index is 12.4. The van der Waals surface area contributed by atoms with Crippen molar-refractivity contribution in [3.8, 4) is 5.75 Å². The molecule has 134 valence electrons. The molecule has 1 unspecified atom stereocenters. The molecule has 1 fully saturated rings. The van der Waals surface area contributed by atoms with E-state index in [9.17, 15) is 4.79 Å². The predicted octanol–water partition coefficient (Wildman–Crippen LogP) is 4.69. The van der Waals surface area contributed by atoms with E-state index in [1.165, 1.54) is 5.56 Å². The fourth-order valence-electron chi connectivity index (χ4n) is 3.68. The van der Waals surface area contributed by atoms with E-state index in [0.29, 0.717) is 17.8 Å². The zero-order chi connectivity index (χ0) is 17.9. The van der Waals surface area contributed by atoms with Crippen LogP contribution < -0.4 is 4.74 Å². The summed E-state index contributed by atoms with van der Waals surface area (Å²) in [7, 11) is 1.69. The van der Waals surface area contributed by atoms with Gasteiger partial charge in [0.25, 0.3) is 0 Å². The van der Waals surface area contributed by atoms with Crippen molar-refractivity contribution in [1.29, 1.82) is 0 Å². The topological polar surface area (TPSA) is 38.8 Å². The number of benzene rings is 1. The predicted molar refractivity (Wildman–Crippen MR) is 96.5 cm³/mol. The monoisotopic (exact) mass is 333 g/mol. The molecule has 1 heterocycles. The van der Waals surface area contributed by atoms with Gasteiger partial charge in [-0.1, -0.05) is 32.4 Å². The van der Waals surface area contributed by atoms with Gasteiger partial charge >= 0.3 is 6.09 Å². The van der Waals surface area contributed by atoms with E-state index in [0.717, 1.165) is 25.3 Å². The van der Waals surface area contributed by atoms with Crippen molar-refractivity contribution in [2.45, 2.75) is 52.6 Å². The number of nitrogens with zero attached hydrogens (tertiary/aromatic N) is 1. The van der Waals surface area contributed by atoms with Crippen LogP contribution in [0.2, 0.25) is 0 Å².